The van der Waals surface area contributed by atoms with Crippen LogP contribution < -0.4 is 5.32 Å². The number of hydrogen-bond acceptors (Lipinski definition) is 3. The van der Waals surface area contributed by atoms with E-state index in [1.54, 1.807) is 0 Å². The van der Waals surface area contributed by atoms with E-state index in [2.05, 4.69) is 26.1 Å². The highest BCUT2D eigenvalue weighted by molar-refractivity contribution is 5.10. The van der Waals surface area contributed by atoms with Crippen molar-refractivity contribution in [3.05, 3.63) is 0 Å². The molecule has 0 amide bonds. The molecule has 0 aliphatic heterocycles. The molecule has 3 nitrogen and oxygen atoms in total. The van der Waals surface area contributed by atoms with Gasteiger partial charge in [-0.3, -0.25) is 0 Å². The lowest BCUT2D eigenvalue weighted by Gasteiger charge is -2.55. The van der Waals surface area contributed by atoms with Crippen LogP contribution >= 0.6 is 0 Å². The summed E-state index contributed by atoms with van der Waals surface area (Å²) >= 11 is 0. The Balaban J connectivity index is 1.93. The molecule has 1 spiro atoms. The van der Waals surface area contributed by atoms with Crippen LogP contribution in [0.1, 0.15) is 65.7 Å². The highest BCUT2D eigenvalue weighted by atomic mass is 16.5. The van der Waals surface area contributed by atoms with Crippen LogP contribution in [-0.4, -0.2) is 37.0 Å². The summed E-state index contributed by atoms with van der Waals surface area (Å²) < 4.78 is 5.97. The van der Waals surface area contributed by atoms with Crippen LogP contribution in [0.15, 0.2) is 0 Å². The lowest BCUT2D eigenvalue weighted by molar-refractivity contribution is -0.132. The number of nitrogens with one attached hydrogen (secondary N) is 1. The highest BCUT2D eigenvalue weighted by Gasteiger charge is 2.56. The molecule has 0 heterocycles. The smallest absolute Gasteiger partial charge is 0.0661 e. The van der Waals surface area contributed by atoms with Crippen LogP contribution in [0.3, 0.4) is 0 Å². The number of ether oxygens (including phenoxy) is 1. The Kier molecular flexibility index (Phi) is 5.49. The van der Waals surface area contributed by atoms with Gasteiger partial charge in [0.1, 0.15) is 0 Å². The number of aliphatic hydroxyl groups is 1. The monoisotopic (exact) mass is 283 g/mol. The van der Waals surface area contributed by atoms with Crippen LogP contribution in [0.2, 0.25) is 0 Å². The summed E-state index contributed by atoms with van der Waals surface area (Å²) in [4.78, 5) is 0. The largest absolute Gasteiger partial charge is 0.396 e. The van der Waals surface area contributed by atoms with Crippen LogP contribution in [0, 0.1) is 10.8 Å². The summed E-state index contributed by atoms with van der Waals surface area (Å²) in [5, 5.41) is 13.5. The van der Waals surface area contributed by atoms with Gasteiger partial charge in [0.2, 0.25) is 0 Å². The Labute approximate surface area is 124 Å². The van der Waals surface area contributed by atoms with Gasteiger partial charge < -0.3 is 15.2 Å². The average Bonchev–Trinajstić information content (AvgIpc) is 2.99. The molecule has 0 bridgehead atoms. The first-order valence-electron chi connectivity index (χ1n) is 8.62. The zero-order valence-corrected chi connectivity index (χ0v) is 13.6. The second-order valence-corrected chi connectivity index (χ2v) is 6.92. The zero-order chi connectivity index (χ0) is 14.6. The first-order valence-corrected chi connectivity index (χ1v) is 8.62. The van der Waals surface area contributed by atoms with Crippen molar-refractivity contribution in [1.29, 1.82) is 0 Å². The second-order valence-electron chi connectivity index (χ2n) is 6.92. The fourth-order valence-corrected chi connectivity index (χ4v) is 4.29. The molecule has 3 heteroatoms. The fraction of sp³-hybridized carbons (Fsp3) is 1.00. The van der Waals surface area contributed by atoms with Gasteiger partial charge in [-0.1, -0.05) is 26.7 Å². The quantitative estimate of drug-likeness (QED) is 0.719. The van der Waals surface area contributed by atoms with Gasteiger partial charge in [0.15, 0.2) is 0 Å². The van der Waals surface area contributed by atoms with E-state index >= 15 is 0 Å². The van der Waals surface area contributed by atoms with Crippen LogP contribution in [0.25, 0.3) is 0 Å². The summed E-state index contributed by atoms with van der Waals surface area (Å²) in [5.41, 5.74) is 0.467. The summed E-state index contributed by atoms with van der Waals surface area (Å²) in [5.74, 6) is 0. The third kappa shape index (κ3) is 2.77. The van der Waals surface area contributed by atoms with Crippen molar-refractivity contribution in [1.82, 2.24) is 5.32 Å². The van der Waals surface area contributed by atoms with Crippen molar-refractivity contribution in [3.63, 3.8) is 0 Å². The lowest BCUT2D eigenvalue weighted by Crippen LogP contribution is -2.64. The molecule has 2 saturated carbocycles. The Morgan fingerprint density at radius 1 is 1.20 bits per heavy atom. The maximum atomic E-state index is 9.71. The maximum absolute atomic E-state index is 9.71. The van der Waals surface area contributed by atoms with E-state index in [1.807, 2.05) is 0 Å². The molecule has 2 fully saturated rings. The van der Waals surface area contributed by atoms with Crippen molar-refractivity contribution < 1.29 is 9.84 Å². The lowest BCUT2D eigenvalue weighted by atomic mass is 9.60. The van der Waals surface area contributed by atoms with Crippen LogP contribution in [0.5, 0.6) is 0 Å². The van der Waals surface area contributed by atoms with Crippen molar-refractivity contribution in [2.24, 2.45) is 10.8 Å². The number of hydrogen-bond donors (Lipinski definition) is 2. The van der Waals surface area contributed by atoms with Crippen molar-refractivity contribution in [2.75, 3.05) is 19.8 Å². The standard InChI is InChI=1S/C17H33NO2/c1-4-16(5-2,13-19)12-18-14-11-15(20-6-3)17(14)9-7-8-10-17/h14-15,18-19H,4-13H2,1-3H3. The minimum atomic E-state index is 0.0660. The number of aliphatic hydroxyl groups excluding tert-OH is 1. The molecule has 20 heavy (non-hydrogen) atoms. The third-order valence-electron chi connectivity index (χ3n) is 6.25. The van der Waals surface area contributed by atoms with Gasteiger partial charge in [0.25, 0.3) is 0 Å². The molecule has 118 valence electrons. The van der Waals surface area contributed by atoms with E-state index < -0.39 is 0 Å². The Morgan fingerprint density at radius 2 is 1.85 bits per heavy atom. The molecule has 0 radical (unpaired) electrons. The molecule has 2 atom stereocenters. The van der Waals surface area contributed by atoms with Gasteiger partial charge in [-0.05, 0) is 39.0 Å². The minimum Gasteiger partial charge on any atom is -0.396 e. The van der Waals surface area contributed by atoms with E-state index in [9.17, 15) is 5.11 Å². The fourth-order valence-electron chi connectivity index (χ4n) is 4.29. The summed E-state index contributed by atoms with van der Waals surface area (Å²) in [6.07, 6.45) is 9.06. The predicted octanol–water partition coefficient (Wildman–Crippen LogP) is 3.11. The van der Waals surface area contributed by atoms with Gasteiger partial charge in [-0.25, -0.2) is 0 Å². The van der Waals surface area contributed by atoms with E-state index in [-0.39, 0.29) is 5.41 Å². The SMILES string of the molecule is CCOC1CC(NCC(CC)(CC)CO)C12CCCC2. The van der Waals surface area contributed by atoms with Gasteiger partial charge in [0.05, 0.1) is 6.10 Å². The molecule has 0 aromatic carbocycles. The van der Waals surface area contributed by atoms with E-state index in [4.69, 9.17) is 4.74 Å². The van der Waals surface area contributed by atoms with Gasteiger partial charge in [-0.15, -0.1) is 0 Å². The first kappa shape index (κ1) is 16.3. The van der Waals surface area contributed by atoms with Crippen LogP contribution in [-0.2, 0) is 4.74 Å². The van der Waals surface area contributed by atoms with E-state index in [0.717, 1.165) is 32.4 Å². The molecule has 2 rings (SSSR count). The predicted molar refractivity (Wildman–Crippen MR) is 82.8 cm³/mol. The minimum absolute atomic E-state index is 0.0660. The van der Waals surface area contributed by atoms with Crippen molar-refractivity contribution in [2.45, 2.75) is 77.9 Å². The Morgan fingerprint density at radius 3 is 2.35 bits per heavy atom. The first-order chi connectivity index (χ1) is 9.66. The van der Waals surface area contributed by atoms with Gasteiger partial charge >= 0.3 is 0 Å². The molecule has 2 unspecified atom stereocenters. The second kappa shape index (κ2) is 6.76. The molecule has 2 N–H and O–H groups in total. The van der Waals surface area contributed by atoms with E-state index in [1.165, 1.54) is 25.7 Å². The van der Waals surface area contributed by atoms with Crippen molar-refractivity contribution >= 4 is 0 Å². The van der Waals surface area contributed by atoms with Gasteiger partial charge in [-0.2, -0.15) is 0 Å². The van der Waals surface area contributed by atoms with Crippen molar-refractivity contribution in [3.8, 4) is 0 Å². The summed E-state index contributed by atoms with van der Waals surface area (Å²) in [7, 11) is 0. The molecule has 0 aromatic heterocycles. The topological polar surface area (TPSA) is 41.5 Å². The van der Waals surface area contributed by atoms with E-state index in [0.29, 0.717) is 24.2 Å². The average molecular weight is 283 g/mol. The molecule has 2 aliphatic carbocycles. The highest BCUT2D eigenvalue weighted by Crippen LogP contribution is 2.54. The van der Waals surface area contributed by atoms with Gasteiger partial charge in [0, 0.05) is 36.6 Å². The third-order valence-corrected chi connectivity index (χ3v) is 6.25. The summed E-state index contributed by atoms with van der Waals surface area (Å²) in [6.45, 7) is 8.56. The van der Waals surface area contributed by atoms with Crippen LogP contribution in [0.4, 0.5) is 0 Å². The molecule has 0 saturated heterocycles. The Bertz CT molecular complexity index is 287. The molecular formula is C17H33NO2. The summed E-state index contributed by atoms with van der Waals surface area (Å²) in [6, 6.07) is 0.602. The maximum Gasteiger partial charge on any atom is 0.0661 e. The molecule has 2 aliphatic rings. The zero-order valence-electron chi connectivity index (χ0n) is 13.6. The number of rotatable bonds is 8. The normalized spacial score (nSPS) is 28.8. The Hall–Kier alpha value is -0.120. The molecule has 0 aromatic rings. The molecular weight excluding hydrogens is 250 g/mol.